The van der Waals surface area contributed by atoms with Crippen molar-refractivity contribution in [1.82, 2.24) is 4.31 Å². The van der Waals surface area contributed by atoms with Crippen molar-refractivity contribution < 1.29 is 17.5 Å². The van der Waals surface area contributed by atoms with E-state index < -0.39 is 15.3 Å². The summed E-state index contributed by atoms with van der Waals surface area (Å²) in [6.07, 6.45) is 0. The largest absolute Gasteiger partial charge is 0.388 e. The molecule has 0 aromatic heterocycles. The van der Waals surface area contributed by atoms with E-state index in [0.717, 1.165) is 22.4 Å². The van der Waals surface area contributed by atoms with Gasteiger partial charge in [0.25, 0.3) is 0 Å². The van der Waals surface area contributed by atoms with Crippen molar-refractivity contribution in [1.29, 1.82) is 0 Å². The number of nitrogens with one attached hydrogen (secondary N) is 1. The van der Waals surface area contributed by atoms with Gasteiger partial charge in [-0.05, 0) is 53.4 Å². The van der Waals surface area contributed by atoms with Crippen molar-refractivity contribution in [2.24, 2.45) is 0 Å². The maximum atomic E-state index is 14.9. The van der Waals surface area contributed by atoms with Gasteiger partial charge in [0.1, 0.15) is 5.31 Å². The monoisotopic (exact) mass is 422 g/mol. The number of alkyl halides is 1. The number of benzene rings is 2. The van der Waals surface area contributed by atoms with E-state index in [1.807, 2.05) is 13.0 Å². The lowest BCUT2D eigenvalue weighted by Gasteiger charge is -2.26. The first-order valence-electron chi connectivity index (χ1n) is 9.13. The first-order valence-corrected chi connectivity index (χ1v) is 11.2. The Morgan fingerprint density at radius 1 is 1.21 bits per heavy atom. The zero-order valence-corrected chi connectivity index (χ0v) is 18.3. The summed E-state index contributed by atoms with van der Waals surface area (Å²) < 4.78 is 47.2. The number of hydrogen-bond acceptors (Lipinski definition) is 4. The molecule has 2 aromatic carbocycles. The molecule has 5 nitrogen and oxygen atoms in total. The number of halogens is 1. The van der Waals surface area contributed by atoms with Gasteiger partial charge >= 0.3 is 0 Å². The van der Waals surface area contributed by atoms with Gasteiger partial charge in [-0.25, -0.2) is 12.8 Å². The summed E-state index contributed by atoms with van der Waals surface area (Å²) in [5.41, 5.74) is 3.83. The predicted octanol–water partition coefficient (Wildman–Crippen LogP) is 2.31. The number of sulfonamides is 1. The number of hydrogen-bond donors (Lipinski definition) is 1. The molecule has 28 heavy (non-hydrogen) atoms. The van der Waals surface area contributed by atoms with E-state index in [4.69, 9.17) is 4.74 Å². The molecule has 150 valence electrons. The van der Waals surface area contributed by atoms with Crippen LogP contribution in [0.1, 0.15) is 11.1 Å². The van der Waals surface area contributed by atoms with Crippen LogP contribution in [0.2, 0.25) is 0 Å². The van der Waals surface area contributed by atoms with Crippen LogP contribution in [0.5, 0.6) is 0 Å². The molecule has 0 aliphatic carbocycles. The van der Waals surface area contributed by atoms with E-state index in [-0.39, 0.29) is 4.90 Å². The Labute approximate surface area is 169 Å². The maximum Gasteiger partial charge on any atom is 0.243 e. The topological polar surface area (TPSA) is 58.6 Å². The zero-order chi connectivity index (χ0) is 20.5. The van der Waals surface area contributed by atoms with Crippen LogP contribution < -0.4 is 5.32 Å². The minimum Gasteiger partial charge on any atom is -0.388 e. The molecule has 9 heteroatoms. The quantitative estimate of drug-likeness (QED) is 0.594. The van der Waals surface area contributed by atoms with Crippen molar-refractivity contribution >= 4 is 32.8 Å². The van der Waals surface area contributed by atoms with Crippen molar-refractivity contribution in [3.8, 4) is 11.1 Å². The van der Waals surface area contributed by atoms with Gasteiger partial charge in [0.05, 0.1) is 18.1 Å². The first-order chi connectivity index (χ1) is 13.1. The molecule has 1 saturated heterocycles. The summed E-state index contributed by atoms with van der Waals surface area (Å²) in [7, 11) is 1.97. The minimum atomic E-state index is -3.56. The minimum absolute atomic E-state index is 0.234. The molecule has 0 radical (unpaired) electrons. The van der Waals surface area contributed by atoms with Gasteiger partial charge in [-0.2, -0.15) is 4.31 Å². The van der Waals surface area contributed by atoms with Crippen LogP contribution in [0, 0.1) is 6.92 Å². The second-order valence-corrected chi connectivity index (χ2v) is 10.1. The Hall–Kier alpha value is -1.47. The Kier molecular flexibility index (Phi) is 6.15. The third-order valence-corrected chi connectivity index (χ3v) is 7.13. The van der Waals surface area contributed by atoms with Crippen molar-refractivity contribution in [3.63, 3.8) is 0 Å². The van der Waals surface area contributed by atoms with Crippen LogP contribution in [0.25, 0.3) is 11.1 Å². The predicted molar refractivity (Wildman–Crippen MR) is 117 cm³/mol. The van der Waals surface area contributed by atoms with Crippen LogP contribution in [-0.2, 0) is 20.1 Å². The number of morpholine rings is 1. The third-order valence-electron chi connectivity index (χ3n) is 4.90. The summed E-state index contributed by atoms with van der Waals surface area (Å²) in [6, 6.07) is 10.4. The van der Waals surface area contributed by atoms with Crippen LogP contribution in [0.15, 0.2) is 41.3 Å². The Morgan fingerprint density at radius 2 is 1.82 bits per heavy atom. The van der Waals surface area contributed by atoms with E-state index in [1.165, 1.54) is 12.2 Å². The van der Waals surface area contributed by atoms with Gasteiger partial charge < -0.3 is 10.1 Å². The Bertz CT molecular complexity index is 956. The molecular formula is C19H25BFN2O3PS. The second-order valence-electron chi connectivity index (χ2n) is 7.08. The van der Waals surface area contributed by atoms with Crippen LogP contribution in [0.3, 0.4) is 0 Å². The highest BCUT2D eigenvalue weighted by Gasteiger charge is 2.28. The number of ether oxygens (including phenoxy) is 1. The highest BCUT2D eigenvalue weighted by Crippen LogP contribution is 2.41. The van der Waals surface area contributed by atoms with Crippen LogP contribution in [-0.4, -0.2) is 53.9 Å². The SMILES string of the molecule is BC(F)(P)c1cc(NC)cc(C)c1-c1ccc(S(=O)(=O)N2CCOCC2)cc1. The van der Waals surface area contributed by atoms with Crippen LogP contribution >= 0.6 is 9.24 Å². The van der Waals surface area contributed by atoms with E-state index in [1.54, 1.807) is 37.4 Å². The summed E-state index contributed by atoms with van der Waals surface area (Å²) in [6.45, 7) is 3.44. The molecule has 3 rings (SSSR count). The summed E-state index contributed by atoms with van der Waals surface area (Å²) >= 11 is 0. The van der Waals surface area contributed by atoms with Gasteiger partial charge in [0.15, 0.2) is 7.85 Å². The Balaban J connectivity index is 2.02. The van der Waals surface area contributed by atoms with E-state index in [0.29, 0.717) is 31.9 Å². The summed E-state index contributed by atoms with van der Waals surface area (Å²) in [5, 5.41) is 1.43. The van der Waals surface area contributed by atoms with E-state index in [9.17, 15) is 12.8 Å². The average molecular weight is 422 g/mol. The fraction of sp³-hybridized carbons (Fsp3) is 0.368. The molecule has 1 N–H and O–H groups in total. The highest BCUT2D eigenvalue weighted by atomic mass is 32.2. The standard InChI is InChI=1S/C19H25BFN2O3PS/c1-13-11-15(22-2)12-17(19(20,21)27)18(13)14-3-5-16(6-4-14)28(24,25)23-7-9-26-10-8-23/h3-6,11-12,22H,7-10,20,27H2,1-2H3. The van der Waals surface area contributed by atoms with Gasteiger partial charge in [0.2, 0.25) is 10.0 Å². The normalized spacial score (nSPS) is 17.9. The van der Waals surface area contributed by atoms with Gasteiger partial charge in [-0.1, -0.05) is 12.1 Å². The molecule has 0 bridgehead atoms. The van der Waals surface area contributed by atoms with Crippen molar-refractivity contribution in [3.05, 3.63) is 47.5 Å². The van der Waals surface area contributed by atoms with Crippen molar-refractivity contribution in [2.75, 3.05) is 38.7 Å². The molecule has 1 aliphatic rings. The lowest BCUT2D eigenvalue weighted by molar-refractivity contribution is 0.0730. The van der Waals surface area contributed by atoms with E-state index >= 15 is 0 Å². The highest BCUT2D eigenvalue weighted by molar-refractivity contribution is 7.89. The van der Waals surface area contributed by atoms with Gasteiger partial charge in [0, 0.05) is 25.8 Å². The van der Waals surface area contributed by atoms with Gasteiger partial charge in [-0.3, -0.25) is 0 Å². The molecule has 1 heterocycles. The molecule has 2 aromatic rings. The van der Waals surface area contributed by atoms with Crippen molar-refractivity contribution in [2.45, 2.75) is 17.1 Å². The lowest BCUT2D eigenvalue weighted by atomic mass is 9.84. The molecule has 2 unspecified atom stereocenters. The van der Waals surface area contributed by atoms with Gasteiger partial charge in [-0.15, -0.1) is 9.24 Å². The molecule has 1 aliphatic heterocycles. The number of rotatable bonds is 5. The molecule has 0 saturated carbocycles. The second kappa shape index (κ2) is 8.11. The molecular weight excluding hydrogens is 397 g/mol. The van der Waals surface area contributed by atoms with E-state index in [2.05, 4.69) is 14.6 Å². The molecule has 0 spiro atoms. The fourth-order valence-electron chi connectivity index (χ4n) is 3.43. The number of anilines is 1. The lowest BCUT2D eigenvalue weighted by Crippen LogP contribution is -2.40. The third kappa shape index (κ3) is 4.25. The number of nitrogens with zero attached hydrogens (tertiary/aromatic N) is 1. The molecule has 1 fully saturated rings. The fourth-order valence-corrected chi connectivity index (χ4v) is 5.07. The Morgan fingerprint density at radius 3 is 2.36 bits per heavy atom. The molecule has 0 amide bonds. The average Bonchev–Trinajstić information content (AvgIpc) is 2.67. The smallest absolute Gasteiger partial charge is 0.243 e. The summed E-state index contributed by atoms with van der Waals surface area (Å²) in [4.78, 5) is 0.234. The summed E-state index contributed by atoms with van der Waals surface area (Å²) in [5.74, 6) is 0. The number of aryl methyl sites for hydroxylation is 1. The maximum absolute atomic E-state index is 14.9. The molecule has 2 atom stereocenters. The zero-order valence-electron chi connectivity index (χ0n) is 16.3. The van der Waals surface area contributed by atoms with Crippen LogP contribution in [0.4, 0.5) is 10.1 Å². The first kappa shape index (κ1) is 21.2.